The van der Waals surface area contributed by atoms with Crippen molar-refractivity contribution in [3.05, 3.63) is 65.5 Å². The number of benzene rings is 2. The fourth-order valence-electron chi connectivity index (χ4n) is 2.99. The van der Waals surface area contributed by atoms with E-state index in [1.165, 1.54) is 6.07 Å². The molecule has 156 valence electrons. The molecule has 0 spiro atoms. The molecule has 0 atom stereocenters. The van der Waals surface area contributed by atoms with Crippen LogP contribution >= 0.6 is 0 Å². The minimum Gasteiger partial charge on any atom is -0.493 e. The number of carbonyl (C=O) groups is 2. The second-order valence-corrected chi connectivity index (χ2v) is 7.43. The summed E-state index contributed by atoms with van der Waals surface area (Å²) in [6.45, 7) is 6.84. The van der Waals surface area contributed by atoms with Crippen LogP contribution in [-0.4, -0.2) is 31.5 Å². The van der Waals surface area contributed by atoms with E-state index in [2.05, 4.69) is 10.6 Å². The van der Waals surface area contributed by atoms with Gasteiger partial charge in [-0.25, -0.2) is 4.39 Å². The molecule has 0 aliphatic heterocycles. The van der Waals surface area contributed by atoms with E-state index in [1.54, 1.807) is 36.4 Å². The van der Waals surface area contributed by atoms with Crippen LogP contribution in [-0.2, 0) is 10.2 Å². The van der Waals surface area contributed by atoms with Gasteiger partial charge in [-0.3, -0.25) is 9.59 Å². The quantitative estimate of drug-likeness (QED) is 0.596. The lowest BCUT2D eigenvalue weighted by Crippen LogP contribution is -2.37. The first-order chi connectivity index (χ1) is 13.8. The molecule has 0 bridgehead atoms. The van der Waals surface area contributed by atoms with E-state index in [4.69, 9.17) is 4.74 Å². The molecule has 2 aromatic carbocycles. The summed E-state index contributed by atoms with van der Waals surface area (Å²) < 4.78 is 19.4. The van der Waals surface area contributed by atoms with Gasteiger partial charge in [-0.05, 0) is 37.1 Å². The Hall–Kier alpha value is -2.89. The van der Waals surface area contributed by atoms with Crippen molar-refractivity contribution in [2.24, 2.45) is 0 Å². The topological polar surface area (TPSA) is 67.4 Å². The Bertz CT molecular complexity index is 836. The highest BCUT2D eigenvalue weighted by molar-refractivity contribution is 5.96. The van der Waals surface area contributed by atoms with Gasteiger partial charge in [-0.1, -0.05) is 44.2 Å². The van der Waals surface area contributed by atoms with E-state index in [0.29, 0.717) is 43.0 Å². The van der Waals surface area contributed by atoms with Crippen LogP contribution in [0.3, 0.4) is 0 Å². The third-order valence-electron chi connectivity index (χ3n) is 4.63. The van der Waals surface area contributed by atoms with Gasteiger partial charge >= 0.3 is 0 Å². The van der Waals surface area contributed by atoms with Crippen LogP contribution in [0.25, 0.3) is 0 Å². The molecule has 0 saturated carbocycles. The lowest BCUT2D eigenvalue weighted by Gasteiger charge is -2.26. The van der Waals surface area contributed by atoms with Gasteiger partial charge < -0.3 is 15.4 Å². The van der Waals surface area contributed by atoms with Crippen LogP contribution < -0.4 is 15.4 Å². The zero-order valence-electron chi connectivity index (χ0n) is 17.3. The predicted octanol–water partition coefficient (Wildman–Crippen LogP) is 3.83. The minimum absolute atomic E-state index is 0.127. The maximum absolute atomic E-state index is 14.0. The zero-order chi connectivity index (χ0) is 21.3. The zero-order valence-corrected chi connectivity index (χ0v) is 17.3. The molecule has 0 unspecified atom stereocenters. The smallest absolute Gasteiger partial charge is 0.255 e. The van der Waals surface area contributed by atoms with E-state index >= 15 is 0 Å². The molecule has 0 radical (unpaired) electrons. The van der Waals surface area contributed by atoms with Crippen LogP contribution in [0.2, 0.25) is 0 Å². The fraction of sp³-hybridized carbons (Fsp3) is 0.391. The predicted molar refractivity (Wildman–Crippen MR) is 112 cm³/mol. The van der Waals surface area contributed by atoms with Crippen LogP contribution in [0.4, 0.5) is 4.39 Å². The molecule has 2 N–H and O–H groups in total. The van der Waals surface area contributed by atoms with Crippen molar-refractivity contribution in [1.82, 2.24) is 10.6 Å². The molecule has 0 aliphatic carbocycles. The fourth-order valence-corrected chi connectivity index (χ4v) is 2.99. The normalized spacial score (nSPS) is 11.0. The van der Waals surface area contributed by atoms with Crippen molar-refractivity contribution in [2.75, 3.05) is 19.7 Å². The number of para-hydroxylation sites is 1. The molecule has 0 saturated heterocycles. The monoisotopic (exact) mass is 400 g/mol. The third-order valence-corrected chi connectivity index (χ3v) is 4.63. The Morgan fingerprint density at radius 2 is 1.72 bits per heavy atom. The number of hydrogen-bond acceptors (Lipinski definition) is 3. The molecular formula is C23H29FN2O3. The van der Waals surface area contributed by atoms with Crippen molar-refractivity contribution in [3.8, 4) is 5.75 Å². The molecule has 6 heteroatoms. The van der Waals surface area contributed by atoms with Gasteiger partial charge in [-0.2, -0.15) is 0 Å². The number of halogens is 1. The first kappa shape index (κ1) is 22.4. The number of amides is 2. The van der Waals surface area contributed by atoms with Crippen molar-refractivity contribution in [1.29, 1.82) is 0 Å². The van der Waals surface area contributed by atoms with Crippen molar-refractivity contribution in [3.63, 3.8) is 0 Å². The number of rotatable bonds is 10. The maximum atomic E-state index is 14.0. The SMILES string of the molecule is CCOc1ccccc1C(=O)NCCCC(=O)NCC(C)(C)c1ccccc1F. The summed E-state index contributed by atoms with van der Waals surface area (Å²) in [5.74, 6) is -0.0871. The van der Waals surface area contributed by atoms with Crippen molar-refractivity contribution in [2.45, 2.75) is 39.0 Å². The summed E-state index contributed by atoms with van der Waals surface area (Å²) in [4.78, 5) is 24.4. The summed E-state index contributed by atoms with van der Waals surface area (Å²) in [5.41, 5.74) is 0.532. The molecule has 0 aliphatic rings. The van der Waals surface area contributed by atoms with Gasteiger partial charge in [0.2, 0.25) is 5.91 Å². The first-order valence-corrected chi connectivity index (χ1v) is 9.87. The number of hydrogen-bond donors (Lipinski definition) is 2. The summed E-state index contributed by atoms with van der Waals surface area (Å²) in [6.07, 6.45) is 0.787. The Morgan fingerprint density at radius 3 is 2.45 bits per heavy atom. The average molecular weight is 400 g/mol. The van der Waals surface area contributed by atoms with E-state index in [-0.39, 0.29) is 24.1 Å². The van der Waals surface area contributed by atoms with Gasteiger partial charge in [0.25, 0.3) is 5.91 Å². The summed E-state index contributed by atoms with van der Waals surface area (Å²) >= 11 is 0. The van der Waals surface area contributed by atoms with Crippen LogP contribution in [0.5, 0.6) is 5.75 Å². The number of ether oxygens (including phenoxy) is 1. The van der Waals surface area contributed by atoms with Gasteiger partial charge in [0.15, 0.2) is 0 Å². The Morgan fingerprint density at radius 1 is 1.03 bits per heavy atom. The Labute approximate surface area is 171 Å². The summed E-state index contributed by atoms with van der Waals surface area (Å²) in [6, 6.07) is 13.6. The van der Waals surface area contributed by atoms with Crippen molar-refractivity contribution >= 4 is 11.8 Å². The Kier molecular flexibility index (Phi) is 8.19. The average Bonchev–Trinajstić information content (AvgIpc) is 2.70. The second-order valence-electron chi connectivity index (χ2n) is 7.43. The van der Waals surface area contributed by atoms with Crippen LogP contribution in [0.15, 0.2) is 48.5 Å². The minimum atomic E-state index is -0.516. The molecule has 5 nitrogen and oxygen atoms in total. The molecule has 0 fully saturated rings. The van der Waals surface area contributed by atoms with E-state index in [1.807, 2.05) is 26.8 Å². The second kappa shape index (κ2) is 10.6. The molecular weight excluding hydrogens is 371 g/mol. The summed E-state index contributed by atoms with van der Waals surface area (Å²) in [5, 5.41) is 5.67. The maximum Gasteiger partial charge on any atom is 0.255 e. The van der Waals surface area contributed by atoms with Crippen LogP contribution in [0.1, 0.15) is 49.5 Å². The molecule has 0 aromatic heterocycles. The van der Waals surface area contributed by atoms with Gasteiger partial charge in [0, 0.05) is 24.9 Å². The number of nitrogens with one attached hydrogen (secondary N) is 2. The third kappa shape index (κ3) is 6.59. The molecule has 2 aromatic rings. The lowest BCUT2D eigenvalue weighted by molar-refractivity contribution is -0.121. The van der Waals surface area contributed by atoms with Gasteiger partial charge in [0.05, 0.1) is 12.2 Å². The highest BCUT2D eigenvalue weighted by Gasteiger charge is 2.24. The summed E-state index contributed by atoms with van der Waals surface area (Å²) in [7, 11) is 0. The molecule has 2 amide bonds. The first-order valence-electron chi connectivity index (χ1n) is 9.87. The van der Waals surface area contributed by atoms with Crippen LogP contribution in [0, 0.1) is 5.82 Å². The highest BCUT2D eigenvalue weighted by Crippen LogP contribution is 2.24. The van der Waals surface area contributed by atoms with Crippen molar-refractivity contribution < 1.29 is 18.7 Å². The standard InChI is InChI=1S/C23H29FN2O3/c1-4-29-20-13-8-5-10-17(20)22(28)25-15-9-14-21(27)26-16-23(2,3)18-11-6-7-12-19(18)24/h5-8,10-13H,4,9,14-16H2,1-3H3,(H,25,28)(H,26,27). The molecule has 0 heterocycles. The molecule has 2 rings (SSSR count). The van der Waals surface area contributed by atoms with E-state index in [0.717, 1.165) is 0 Å². The molecule has 29 heavy (non-hydrogen) atoms. The Balaban J connectivity index is 1.75. The largest absolute Gasteiger partial charge is 0.493 e. The van der Waals surface area contributed by atoms with E-state index in [9.17, 15) is 14.0 Å². The van der Waals surface area contributed by atoms with Gasteiger partial charge in [0.1, 0.15) is 11.6 Å². The highest BCUT2D eigenvalue weighted by atomic mass is 19.1. The van der Waals surface area contributed by atoms with E-state index < -0.39 is 5.41 Å². The lowest BCUT2D eigenvalue weighted by atomic mass is 9.84. The van der Waals surface area contributed by atoms with Gasteiger partial charge in [-0.15, -0.1) is 0 Å². The number of carbonyl (C=O) groups excluding carboxylic acids is 2.